The zero-order valence-electron chi connectivity index (χ0n) is 12.7. The van der Waals surface area contributed by atoms with Crippen molar-refractivity contribution in [2.45, 2.75) is 40.2 Å². The van der Waals surface area contributed by atoms with Crippen molar-refractivity contribution in [3.8, 4) is 11.3 Å². The fourth-order valence-corrected chi connectivity index (χ4v) is 2.93. The number of nitrogens with two attached hydrogens (primary N) is 1. The maximum Gasteiger partial charge on any atom is 0.131 e. The summed E-state index contributed by atoms with van der Waals surface area (Å²) < 4.78 is 2.11. The second kappa shape index (κ2) is 6.71. The molecule has 0 saturated carbocycles. The van der Waals surface area contributed by atoms with E-state index in [0.717, 1.165) is 36.5 Å². The van der Waals surface area contributed by atoms with Crippen LogP contribution in [0.3, 0.4) is 0 Å². The van der Waals surface area contributed by atoms with Crippen molar-refractivity contribution in [2.24, 2.45) is 5.92 Å². The normalized spacial score (nSPS) is 11.3. The average molecular weight is 326 g/mol. The maximum atomic E-state index is 6.33. The van der Waals surface area contributed by atoms with Gasteiger partial charge in [-0.25, -0.2) is 4.98 Å². The highest BCUT2D eigenvalue weighted by Gasteiger charge is 2.17. The third kappa shape index (κ3) is 3.72. The molecule has 0 fully saturated rings. The number of anilines is 1. The summed E-state index contributed by atoms with van der Waals surface area (Å²) in [5, 5.41) is 1.18. The third-order valence-electron chi connectivity index (χ3n) is 3.24. The number of nitrogens with zero attached hydrogens (tertiary/aromatic N) is 2. The highest BCUT2D eigenvalue weighted by molar-refractivity contribution is 6.35. The van der Waals surface area contributed by atoms with Crippen LogP contribution in [0.1, 0.15) is 33.0 Å². The molecule has 0 aliphatic rings. The minimum absolute atomic E-state index is 0.507. The predicted octanol–water partition coefficient (Wildman–Crippen LogP) is 5.05. The van der Waals surface area contributed by atoms with Crippen molar-refractivity contribution < 1.29 is 0 Å². The number of hydrogen-bond acceptors (Lipinski definition) is 2. The zero-order chi connectivity index (χ0) is 15.6. The highest BCUT2D eigenvalue weighted by atomic mass is 35.5. The van der Waals surface area contributed by atoms with E-state index < -0.39 is 0 Å². The summed E-state index contributed by atoms with van der Waals surface area (Å²) >= 11 is 12.2. The summed E-state index contributed by atoms with van der Waals surface area (Å²) in [5.41, 5.74) is 7.96. The van der Waals surface area contributed by atoms with Gasteiger partial charge in [-0.05, 0) is 30.5 Å². The first-order valence-corrected chi connectivity index (χ1v) is 7.99. The van der Waals surface area contributed by atoms with Crippen LogP contribution in [0.2, 0.25) is 10.0 Å². The Balaban J connectivity index is 2.53. The quantitative estimate of drug-likeness (QED) is 0.836. The van der Waals surface area contributed by atoms with Crippen LogP contribution >= 0.6 is 23.2 Å². The molecule has 3 nitrogen and oxygen atoms in total. The summed E-state index contributed by atoms with van der Waals surface area (Å²) in [6.45, 7) is 7.35. The minimum atomic E-state index is 0.507. The molecular weight excluding hydrogens is 305 g/mol. The number of halogens is 2. The molecule has 0 saturated heterocycles. The van der Waals surface area contributed by atoms with E-state index in [-0.39, 0.29) is 0 Å². The fourth-order valence-electron chi connectivity index (χ4n) is 2.40. The van der Waals surface area contributed by atoms with Crippen LogP contribution in [0.5, 0.6) is 0 Å². The Morgan fingerprint density at radius 3 is 2.33 bits per heavy atom. The van der Waals surface area contributed by atoms with Gasteiger partial charge >= 0.3 is 0 Å². The first-order valence-electron chi connectivity index (χ1n) is 7.23. The molecule has 0 atom stereocenters. The Morgan fingerprint density at radius 1 is 1.19 bits per heavy atom. The molecule has 1 aromatic carbocycles. The summed E-state index contributed by atoms with van der Waals surface area (Å²) in [6, 6.07) is 5.41. The molecule has 0 amide bonds. The van der Waals surface area contributed by atoms with Gasteiger partial charge in [0.15, 0.2) is 0 Å². The Kier molecular flexibility index (Phi) is 5.17. The molecule has 114 valence electrons. The zero-order valence-corrected chi connectivity index (χ0v) is 14.2. The molecule has 1 heterocycles. The van der Waals surface area contributed by atoms with E-state index in [0.29, 0.717) is 21.8 Å². The van der Waals surface area contributed by atoms with Crippen LogP contribution in [-0.4, -0.2) is 9.55 Å². The number of rotatable bonds is 5. The lowest BCUT2D eigenvalue weighted by Crippen LogP contribution is -2.11. The van der Waals surface area contributed by atoms with E-state index in [1.807, 2.05) is 12.1 Å². The summed E-state index contributed by atoms with van der Waals surface area (Å²) in [6.07, 6.45) is 1.94. The second-order valence-electron chi connectivity index (χ2n) is 5.67. The van der Waals surface area contributed by atoms with Crippen molar-refractivity contribution in [3.05, 3.63) is 34.1 Å². The van der Waals surface area contributed by atoms with E-state index in [2.05, 4.69) is 25.3 Å². The summed E-state index contributed by atoms with van der Waals surface area (Å²) in [5.74, 6) is 2.22. The monoisotopic (exact) mass is 325 g/mol. The lowest BCUT2D eigenvalue weighted by atomic mass is 10.1. The van der Waals surface area contributed by atoms with Gasteiger partial charge in [-0.2, -0.15) is 0 Å². The van der Waals surface area contributed by atoms with E-state index in [1.54, 1.807) is 6.07 Å². The number of nitrogen functional groups attached to an aromatic ring is 1. The van der Waals surface area contributed by atoms with Gasteiger partial charge in [0.1, 0.15) is 17.3 Å². The van der Waals surface area contributed by atoms with Gasteiger partial charge < -0.3 is 10.3 Å². The molecule has 0 radical (unpaired) electrons. The Labute approximate surface area is 136 Å². The van der Waals surface area contributed by atoms with Crippen molar-refractivity contribution in [1.82, 2.24) is 9.55 Å². The molecule has 0 spiro atoms. The van der Waals surface area contributed by atoms with Crippen LogP contribution < -0.4 is 5.73 Å². The molecule has 0 aliphatic heterocycles. The molecule has 1 aromatic heterocycles. The smallest absolute Gasteiger partial charge is 0.131 e. The SMILES string of the molecule is CCCc1nc(-c2cc(Cl)cc(Cl)c2)c(N)n1CC(C)C. The summed E-state index contributed by atoms with van der Waals surface area (Å²) in [7, 11) is 0. The van der Waals surface area contributed by atoms with Gasteiger partial charge in [0.2, 0.25) is 0 Å². The lowest BCUT2D eigenvalue weighted by molar-refractivity contribution is 0.510. The maximum absolute atomic E-state index is 6.33. The third-order valence-corrected chi connectivity index (χ3v) is 3.68. The van der Waals surface area contributed by atoms with E-state index in [9.17, 15) is 0 Å². The van der Waals surface area contributed by atoms with Crippen LogP contribution in [0.25, 0.3) is 11.3 Å². The van der Waals surface area contributed by atoms with Gasteiger partial charge in [0, 0.05) is 28.6 Å². The molecule has 0 bridgehead atoms. The predicted molar refractivity (Wildman–Crippen MR) is 90.9 cm³/mol. The van der Waals surface area contributed by atoms with Crippen molar-refractivity contribution in [2.75, 3.05) is 5.73 Å². The average Bonchev–Trinajstić information content (AvgIpc) is 2.66. The first kappa shape index (κ1) is 16.2. The molecular formula is C16H21Cl2N3. The number of benzene rings is 1. The number of aryl methyl sites for hydroxylation is 1. The number of imidazole rings is 1. The molecule has 0 unspecified atom stereocenters. The van der Waals surface area contributed by atoms with Gasteiger partial charge in [0.25, 0.3) is 0 Å². The van der Waals surface area contributed by atoms with Crippen LogP contribution in [0, 0.1) is 5.92 Å². The molecule has 0 aliphatic carbocycles. The molecule has 21 heavy (non-hydrogen) atoms. The Morgan fingerprint density at radius 2 is 1.81 bits per heavy atom. The largest absolute Gasteiger partial charge is 0.383 e. The Hall–Kier alpha value is -1.19. The number of hydrogen-bond donors (Lipinski definition) is 1. The van der Waals surface area contributed by atoms with E-state index in [1.165, 1.54) is 0 Å². The van der Waals surface area contributed by atoms with E-state index >= 15 is 0 Å². The van der Waals surface area contributed by atoms with E-state index in [4.69, 9.17) is 33.9 Å². The van der Waals surface area contributed by atoms with Gasteiger partial charge in [0.05, 0.1) is 0 Å². The topological polar surface area (TPSA) is 43.8 Å². The molecule has 2 aromatic rings. The second-order valence-corrected chi connectivity index (χ2v) is 6.55. The summed E-state index contributed by atoms with van der Waals surface area (Å²) in [4.78, 5) is 4.73. The fraction of sp³-hybridized carbons (Fsp3) is 0.438. The highest BCUT2D eigenvalue weighted by Crippen LogP contribution is 2.31. The van der Waals surface area contributed by atoms with Gasteiger partial charge in [-0.3, -0.25) is 0 Å². The van der Waals surface area contributed by atoms with Gasteiger partial charge in [-0.15, -0.1) is 0 Å². The van der Waals surface area contributed by atoms with Crippen molar-refractivity contribution >= 4 is 29.0 Å². The van der Waals surface area contributed by atoms with Crippen LogP contribution in [0.4, 0.5) is 5.82 Å². The molecule has 5 heteroatoms. The minimum Gasteiger partial charge on any atom is -0.383 e. The first-order chi connectivity index (χ1) is 9.92. The van der Waals surface area contributed by atoms with Crippen LogP contribution in [0.15, 0.2) is 18.2 Å². The van der Waals surface area contributed by atoms with Crippen molar-refractivity contribution in [3.63, 3.8) is 0 Å². The van der Waals surface area contributed by atoms with Crippen LogP contribution in [-0.2, 0) is 13.0 Å². The van der Waals surface area contributed by atoms with Crippen molar-refractivity contribution in [1.29, 1.82) is 0 Å². The molecule has 2 N–H and O–H groups in total. The standard InChI is InChI=1S/C16H21Cl2N3/c1-4-5-14-20-15(16(19)21(14)9-10(2)3)11-6-12(17)8-13(18)7-11/h6-8,10H,4-5,9,19H2,1-3H3. The molecule has 2 rings (SSSR count). The number of aromatic nitrogens is 2. The lowest BCUT2D eigenvalue weighted by Gasteiger charge is -2.12. The Bertz CT molecular complexity index is 612. The van der Waals surface area contributed by atoms with Gasteiger partial charge in [-0.1, -0.05) is 44.0 Å².